The molecule has 1 saturated carbocycles. The van der Waals surface area contributed by atoms with Gasteiger partial charge in [-0.15, -0.1) is 23.2 Å². The van der Waals surface area contributed by atoms with E-state index >= 15 is 0 Å². The van der Waals surface area contributed by atoms with Crippen LogP contribution in [-0.2, 0) is 21.2 Å². The molecule has 0 aromatic heterocycles. The third kappa shape index (κ3) is 4.35. The van der Waals surface area contributed by atoms with Gasteiger partial charge in [-0.2, -0.15) is 0 Å². The Morgan fingerprint density at radius 3 is 2.39 bits per heavy atom. The van der Waals surface area contributed by atoms with Crippen molar-refractivity contribution < 1.29 is 13.2 Å². The number of amides is 1. The molecule has 4 atom stereocenters. The Morgan fingerprint density at radius 1 is 1.21 bits per heavy atom. The van der Waals surface area contributed by atoms with E-state index in [0.717, 1.165) is 42.1 Å². The molecule has 1 heterocycles. The molecule has 3 rings (SSSR count). The quantitative estimate of drug-likeness (QED) is 0.651. The van der Waals surface area contributed by atoms with Crippen LogP contribution in [-0.4, -0.2) is 65.2 Å². The van der Waals surface area contributed by atoms with Crippen molar-refractivity contribution in [3.8, 4) is 0 Å². The molecule has 2 aliphatic rings. The minimum absolute atomic E-state index is 0.0352. The zero-order valence-corrected chi connectivity index (χ0v) is 18.7. The summed E-state index contributed by atoms with van der Waals surface area (Å²) in [6, 6.07) is 8.91. The Labute approximate surface area is 178 Å². The van der Waals surface area contributed by atoms with Crippen molar-refractivity contribution in [3.63, 3.8) is 0 Å². The highest BCUT2D eigenvalue weighted by Crippen LogP contribution is 2.43. The van der Waals surface area contributed by atoms with Crippen LogP contribution in [0, 0.1) is 0 Å². The fourth-order valence-electron chi connectivity index (χ4n) is 4.81. The second-order valence-electron chi connectivity index (χ2n) is 8.13. The summed E-state index contributed by atoms with van der Waals surface area (Å²) in [5.41, 5.74) is -0.141. The summed E-state index contributed by atoms with van der Waals surface area (Å²) in [6.07, 6.45) is 4.30. The van der Waals surface area contributed by atoms with E-state index in [1.165, 1.54) is 0 Å². The number of rotatable bonds is 5. The number of nitrogens with zero attached hydrogens (tertiary/aromatic N) is 2. The van der Waals surface area contributed by atoms with Gasteiger partial charge >= 0.3 is 0 Å². The second kappa shape index (κ2) is 8.50. The molecule has 28 heavy (non-hydrogen) atoms. The number of alkyl halides is 2. The van der Waals surface area contributed by atoms with E-state index in [2.05, 4.69) is 4.90 Å². The maximum atomic E-state index is 13.3. The van der Waals surface area contributed by atoms with E-state index in [9.17, 15) is 13.2 Å². The largest absolute Gasteiger partial charge is 0.296 e. The first-order valence-electron chi connectivity index (χ1n) is 9.74. The van der Waals surface area contributed by atoms with Crippen LogP contribution < -0.4 is 0 Å². The molecule has 0 radical (unpaired) electrons. The molecule has 8 heteroatoms. The van der Waals surface area contributed by atoms with Gasteiger partial charge in [0.15, 0.2) is 0 Å². The summed E-state index contributed by atoms with van der Waals surface area (Å²) in [5.74, 6) is -0.419. The normalized spacial score (nSPS) is 31.6. The second-order valence-corrected chi connectivity index (χ2v) is 11.0. The van der Waals surface area contributed by atoms with Crippen LogP contribution in [0.4, 0.5) is 0 Å². The number of hydrogen-bond donors (Lipinski definition) is 0. The van der Waals surface area contributed by atoms with E-state index in [0.29, 0.717) is 12.8 Å². The predicted octanol–water partition coefficient (Wildman–Crippen LogP) is 3.25. The van der Waals surface area contributed by atoms with Crippen LogP contribution in [0.25, 0.3) is 0 Å². The number of hydrogen-bond acceptors (Lipinski definition) is 4. The first kappa shape index (κ1) is 21.9. The molecule has 0 bridgehead atoms. The van der Waals surface area contributed by atoms with Crippen LogP contribution in [0.15, 0.2) is 30.3 Å². The van der Waals surface area contributed by atoms with Gasteiger partial charge in [0, 0.05) is 0 Å². The average molecular weight is 447 g/mol. The lowest BCUT2D eigenvalue weighted by Gasteiger charge is -2.53. The third-order valence-electron chi connectivity index (χ3n) is 5.96. The zero-order valence-electron chi connectivity index (χ0n) is 16.4. The Kier molecular flexibility index (Phi) is 6.64. The number of sulfonamides is 1. The highest BCUT2D eigenvalue weighted by atomic mass is 35.5. The lowest BCUT2D eigenvalue weighted by atomic mass is 9.77. The highest BCUT2D eigenvalue weighted by molar-refractivity contribution is 7.88. The lowest BCUT2D eigenvalue weighted by Crippen LogP contribution is -2.69. The number of benzene rings is 1. The van der Waals surface area contributed by atoms with E-state index in [1.54, 1.807) is 0 Å². The van der Waals surface area contributed by atoms with E-state index in [1.807, 2.05) is 37.3 Å². The molecule has 0 N–H and O–H groups in total. The summed E-state index contributed by atoms with van der Waals surface area (Å²) >= 11 is 13.2. The Hall–Kier alpha value is -0.820. The molecule has 2 fully saturated rings. The van der Waals surface area contributed by atoms with Crippen molar-refractivity contribution in [2.24, 2.45) is 0 Å². The van der Waals surface area contributed by atoms with Gasteiger partial charge in [0.1, 0.15) is 0 Å². The molecule has 1 amide bonds. The van der Waals surface area contributed by atoms with Crippen molar-refractivity contribution in [3.05, 3.63) is 35.9 Å². The van der Waals surface area contributed by atoms with Gasteiger partial charge < -0.3 is 0 Å². The Bertz CT molecular complexity index is 797. The summed E-state index contributed by atoms with van der Waals surface area (Å²) in [4.78, 5) is 15.5. The van der Waals surface area contributed by atoms with Gasteiger partial charge in [-0.3, -0.25) is 9.69 Å². The SMILES string of the molecule is CC1(N(C(=O)Cc2ccccc2)S(C)(=O)=O)CCC(Cl)C(Cl)C1N1CCCC1. The van der Waals surface area contributed by atoms with E-state index < -0.39 is 26.8 Å². The van der Waals surface area contributed by atoms with Crippen molar-refractivity contribution in [1.29, 1.82) is 0 Å². The number of carbonyl (C=O) groups excluding carboxylic acids is 1. The number of carbonyl (C=O) groups is 1. The van der Waals surface area contributed by atoms with E-state index in [4.69, 9.17) is 23.2 Å². The molecule has 1 aromatic carbocycles. The third-order valence-corrected chi connectivity index (χ3v) is 8.41. The smallest absolute Gasteiger partial charge is 0.241 e. The summed E-state index contributed by atoms with van der Waals surface area (Å²) in [6.45, 7) is 3.55. The molecule has 5 nitrogen and oxygen atoms in total. The lowest BCUT2D eigenvalue weighted by molar-refractivity contribution is -0.132. The van der Waals surface area contributed by atoms with Crippen LogP contribution in [0.3, 0.4) is 0 Å². The molecule has 1 aliphatic carbocycles. The molecular formula is C20H28Cl2N2O3S. The van der Waals surface area contributed by atoms with Gasteiger partial charge in [0.05, 0.1) is 35.0 Å². The summed E-state index contributed by atoms with van der Waals surface area (Å²) in [5, 5.41) is -0.668. The van der Waals surface area contributed by atoms with Gasteiger partial charge in [-0.05, 0) is 51.3 Å². The van der Waals surface area contributed by atoms with Crippen molar-refractivity contribution in [2.75, 3.05) is 19.3 Å². The molecule has 1 saturated heterocycles. The first-order chi connectivity index (χ1) is 13.1. The predicted molar refractivity (Wildman–Crippen MR) is 113 cm³/mol. The zero-order chi connectivity index (χ0) is 20.5. The molecular weight excluding hydrogens is 419 g/mol. The molecule has 1 aromatic rings. The Morgan fingerprint density at radius 2 is 1.82 bits per heavy atom. The molecule has 156 valence electrons. The fourth-order valence-corrected chi connectivity index (χ4v) is 7.00. The topological polar surface area (TPSA) is 57.7 Å². The van der Waals surface area contributed by atoms with Crippen LogP contribution in [0.2, 0.25) is 0 Å². The summed E-state index contributed by atoms with van der Waals surface area (Å²) < 4.78 is 26.8. The van der Waals surface area contributed by atoms with Crippen molar-refractivity contribution in [1.82, 2.24) is 9.21 Å². The van der Waals surface area contributed by atoms with Gasteiger partial charge in [0.25, 0.3) is 0 Å². The monoisotopic (exact) mass is 446 g/mol. The highest BCUT2D eigenvalue weighted by Gasteiger charge is 2.55. The van der Waals surface area contributed by atoms with E-state index in [-0.39, 0.29) is 17.8 Å². The average Bonchev–Trinajstić information content (AvgIpc) is 3.12. The minimum Gasteiger partial charge on any atom is -0.296 e. The van der Waals surface area contributed by atoms with Gasteiger partial charge in [0.2, 0.25) is 15.9 Å². The van der Waals surface area contributed by atoms with Gasteiger partial charge in [-0.25, -0.2) is 12.7 Å². The minimum atomic E-state index is -3.79. The molecule has 4 unspecified atom stereocenters. The van der Waals surface area contributed by atoms with Crippen molar-refractivity contribution in [2.45, 2.75) is 61.4 Å². The maximum Gasteiger partial charge on any atom is 0.241 e. The Balaban J connectivity index is 2.00. The fraction of sp³-hybridized carbons (Fsp3) is 0.650. The first-order valence-corrected chi connectivity index (χ1v) is 12.5. The van der Waals surface area contributed by atoms with Gasteiger partial charge in [-0.1, -0.05) is 30.3 Å². The van der Waals surface area contributed by atoms with Crippen LogP contribution in [0.5, 0.6) is 0 Å². The number of halogens is 2. The van der Waals surface area contributed by atoms with Crippen LogP contribution in [0.1, 0.15) is 38.2 Å². The maximum absolute atomic E-state index is 13.3. The number of likely N-dealkylation sites (tertiary alicyclic amines) is 1. The molecule has 1 aliphatic heterocycles. The van der Waals surface area contributed by atoms with Crippen LogP contribution >= 0.6 is 23.2 Å². The molecule has 0 spiro atoms. The summed E-state index contributed by atoms with van der Waals surface area (Å²) in [7, 11) is -3.79. The standard InChI is InChI=1S/C20H28Cl2N2O3S/c1-20(11-10-16(21)18(22)19(20)23-12-6-7-13-23)24(28(2,26)27)17(25)14-15-8-4-3-5-9-15/h3-5,8-9,16,18-19H,6-7,10-14H2,1-2H3. The van der Waals surface area contributed by atoms with Crippen molar-refractivity contribution >= 4 is 39.1 Å².